The summed E-state index contributed by atoms with van der Waals surface area (Å²) in [6.07, 6.45) is 0.507. The molecule has 0 radical (unpaired) electrons. The van der Waals surface area contributed by atoms with Crippen LogP contribution in [0.3, 0.4) is 0 Å². The maximum Gasteiger partial charge on any atom is 0.326 e. The molecule has 1 rings (SSSR count). The van der Waals surface area contributed by atoms with E-state index in [4.69, 9.17) is 5.11 Å². The van der Waals surface area contributed by atoms with Gasteiger partial charge in [0, 0.05) is 20.1 Å². The van der Waals surface area contributed by atoms with Crippen LogP contribution in [0.1, 0.15) is 20.3 Å². The summed E-state index contributed by atoms with van der Waals surface area (Å²) in [4.78, 5) is 37.2. The molecule has 18 heavy (non-hydrogen) atoms. The Morgan fingerprint density at radius 3 is 2.72 bits per heavy atom. The number of nitrogens with one attached hydrogen (secondary N) is 1. The molecule has 7 nitrogen and oxygen atoms in total. The molecular weight excluding hydrogens is 238 g/mol. The van der Waals surface area contributed by atoms with Crippen LogP contribution < -0.4 is 5.32 Å². The summed E-state index contributed by atoms with van der Waals surface area (Å²) in [5.41, 5.74) is 0. The number of nitrogens with zero attached hydrogens (tertiary/aromatic N) is 2. The first-order valence-electron chi connectivity index (χ1n) is 5.94. The second kappa shape index (κ2) is 5.70. The van der Waals surface area contributed by atoms with Gasteiger partial charge < -0.3 is 20.2 Å². The number of likely N-dealkylation sites (N-methyl/N-ethyl adjacent to an activating group) is 1. The number of amides is 3. The molecule has 2 unspecified atom stereocenters. The zero-order valence-electron chi connectivity index (χ0n) is 10.8. The molecule has 1 aliphatic rings. The SMILES string of the molecule is CCC1C(=O)NCCN1C(=O)N(C)C(C)C(=O)O. The zero-order valence-corrected chi connectivity index (χ0v) is 10.8. The number of urea groups is 1. The Balaban J connectivity index is 2.81. The number of rotatable bonds is 3. The summed E-state index contributed by atoms with van der Waals surface area (Å²) < 4.78 is 0. The maximum absolute atomic E-state index is 12.2. The van der Waals surface area contributed by atoms with Crippen molar-refractivity contribution in [1.82, 2.24) is 15.1 Å². The van der Waals surface area contributed by atoms with Gasteiger partial charge in [0.1, 0.15) is 12.1 Å². The molecule has 0 spiro atoms. The van der Waals surface area contributed by atoms with E-state index in [1.807, 2.05) is 6.92 Å². The fraction of sp³-hybridized carbons (Fsp3) is 0.727. The number of hydrogen-bond donors (Lipinski definition) is 2. The van der Waals surface area contributed by atoms with E-state index >= 15 is 0 Å². The molecule has 0 aromatic carbocycles. The Bertz CT molecular complexity index is 358. The lowest BCUT2D eigenvalue weighted by Gasteiger charge is -2.37. The van der Waals surface area contributed by atoms with Crippen LogP contribution in [0, 0.1) is 0 Å². The van der Waals surface area contributed by atoms with Crippen LogP contribution in [0.4, 0.5) is 4.79 Å². The molecule has 1 heterocycles. The average Bonchev–Trinajstić information content (AvgIpc) is 2.35. The van der Waals surface area contributed by atoms with E-state index in [1.54, 1.807) is 0 Å². The number of piperazine rings is 1. The van der Waals surface area contributed by atoms with Crippen LogP contribution in [0.25, 0.3) is 0 Å². The Morgan fingerprint density at radius 2 is 2.22 bits per heavy atom. The molecule has 0 aromatic heterocycles. The Hall–Kier alpha value is -1.79. The molecule has 2 atom stereocenters. The van der Waals surface area contributed by atoms with Gasteiger partial charge in [0.05, 0.1) is 0 Å². The van der Waals surface area contributed by atoms with Gasteiger partial charge >= 0.3 is 12.0 Å². The van der Waals surface area contributed by atoms with Gasteiger partial charge in [0.15, 0.2) is 0 Å². The number of carbonyl (C=O) groups is 3. The van der Waals surface area contributed by atoms with Gasteiger partial charge in [-0.3, -0.25) is 4.79 Å². The molecule has 0 saturated carbocycles. The summed E-state index contributed by atoms with van der Waals surface area (Å²) in [6, 6.07) is -1.86. The number of aliphatic carboxylic acids is 1. The lowest BCUT2D eigenvalue weighted by atomic mass is 10.1. The van der Waals surface area contributed by atoms with E-state index in [1.165, 1.54) is 18.9 Å². The Labute approximate surface area is 106 Å². The third-order valence-corrected chi connectivity index (χ3v) is 3.20. The molecule has 102 valence electrons. The molecule has 0 aliphatic carbocycles. The first kappa shape index (κ1) is 14.3. The normalized spacial score (nSPS) is 21.2. The highest BCUT2D eigenvalue weighted by molar-refractivity contribution is 5.89. The van der Waals surface area contributed by atoms with Crippen molar-refractivity contribution in [3.05, 3.63) is 0 Å². The number of hydrogen-bond acceptors (Lipinski definition) is 3. The van der Waals surface area contributed by atoms with Gasteiger partial charge in [0.2, 0.25) is 5.91 Å². The fourth-order valence-electron chi connectivity index (χ4n) is 1.88. The molecular formula is C11H19N3O4. The van der Waals surface area contributed by atoms with Crippen LogP contribution in [-0.4, -0.2) is 65.0 Å². The van der Waals surface area contributed by atoms with Gasteiger partial charge in [-0.2, -0.15) is 0 Å². The minimum atomic E-state index is -1.07. The van der Waals surface area contributed by atoms with Crippen molar-refractivity contribution in [2.75, 3.05) is 20.1 Å². The highest BCUT2D eigenvalue weighted by atomic mass is 16.4. The lowest BCUT2D eigenvalue weighted by Crippen LogP contribution is -2.60. The smallest absolute Gasteiger partial charge is 0.326 e. The molecule has 0 bridgehead atoms. The Morgan fingerprint density at radius 1 is 1.61 bits per heavy atom. The second-order valence-electron chi connectivity index (χ2n) is 4.32. The van der Waals surface area contributed by atoms with Crippen LogP contribution in [0.2, 0.25) is 0 Å². The maximum atomic E-state index is 12.2. The quantitative estimate of drug-likeness (QED) is 0.727. The molecule has 2 N–H and O–H groups in total. The standard InChI is InChI=1S/C11H19N3O4/c1-4-8-9(15)12-5-6-14(8)11(18)13(3)7(2)10(16)17/h7-8H,4-6H2,1-3H3,(H,12,15)(H,16,17). The monoisotopic (exact) mass is 257 g/mol. The molecule has 3 amide bonds. The van der Waals surface area contributed by atoms with Crippen molar-refractivity contribution in [3.8, 4) is 0 Å². The van der Waals surface area contributed by atoms with E-state index in [9.17, 15) is 14.4 Å². The number of carboxylic acid groups (broad SMARTS) is 1. The van der Waals surface area contributed by atoms with Crippen LogP contribution >= 0.6 is 0 Å². The van der Waals surface area contributed by atoms with Gasteiger partial charge in [-0.05, 0) is 13.3 Å². The van der Waals surface area contributed by atoms with Crippen molar-refractivity contribution < 1.29 is 19.5 Å². The van der Waals surface area contributed by atoms with Gasteiger partial charge in [-0.1, -0.05) is 6.92 Å². The van der Waals surface area contributed by atoms with E-state index < -0.39 is 24.1 Å². The molecule has 1 aliphatic heterocycles. The third-order valence-electron chi connectivity index (χ3n) is 3.20. The minimum absolute atomic E-state index is 0.187. The van der Waals surface area contributed by atoms with Crippen molar-refractivity contribution in [3.63, 3.8) is 0 Å². The zero-order chi connectivity index (χ0) is 13.9. The fourth-order valence-corrected chi connectivity index (χ4v) is 1.88. The second-order valence-corrected chi connectivity index (χ2v) is 4.32. The highest BCUT2D eigenvalue weighted by Gasteiger charge is 2.35. The van der Waals surface area contributed by atoms with E-state index in [-0.39, 0.29) is 5.91 Å². The molecule has 1 saturated heterocycles. The molecule has 1 fully saturated rings. The summed E-state index contributed by atoms with van der Waals surface area (Å²) in [5.74, 6) is -1.26. The molecule has 0 aromatic rings. The minimum Gasteiger partial charge on any atom is -0.480 e. The lowest BCUT2D eigenvalue weighted by molar-refractivity contribution is -0.141. The topological polar surface area (TPSA) is 90.0 Å². The number of carbonyl (C=O) groups excluding carboxylic acids is 2. The highest BCUT2D eigenvalue weighted by Crippen LogP contribution is 2.12. The average molecular weight is 257 g/mol. The molecule has 7 heteroatoms. The predicted octanol–water partition coefficient (Wildman–Crippen LogP) is -0.278. The Kier molecular flexibility index (Phi) is 4.52. The first-order valence-corrected chi connectivity index (χ1v) is 5.94. The van der Waals surface area contributed by atoms with Gasteiger partial charge in [-0.25, -0.2) is 9.59 Å². The summed E-state index contributed by atoms with van der Waals surface area (Å²) >= 11 is 0. The first-order chi connectivity index (χ1) is 8.40. The van der Waals surface area contributed by atoms with Crippen LogP contribution in [0.15, 0.2) is 0 Å². The van der Waals surface area contributed by atoms with E-state index in [0.717, 1.165) is 4.90 Å². The summed E-state index contributed by atoms with van der Waals surface area (Å²) in [7, 11) is 1.43. The van der Waals surface area contributed by atoms with Crippen molar-refractivity contribution in [1.29, 1.82) is 0 Å². The van der Waals surface area contributed by atoms with Gasteiger partial charge in [-0.15, -0.1) is 0 Å². The number of carboxylic acids is 1. The van der Waals surface area contributed by atoms with Crippen molar-refractivity contribution in [2.45, 2.75) is 32.4 Å². The van der Waals surface area contributed by atoms with Crippen molar-refractivity contribution in [2.24, 2.45) is 0 Å². The van der Waals surface area contributed by atoms with Crippen molar-refractivity contribution >= 4 is 17.9 Å². The predicted molar refractivity (Wildman–Crippen MR) is 64.1 cm³/mol. The largest absolute Gasteiger partial charge is 0.480 e. The van der Waals surface area contributed by atoms with Gasteiger partial charge in [0.25, 0.3) is 0 Å². The summed E-state index contributed by atoms with van der Waals surface area (Å²) in [6.45, 7) is 4.05. The van der Waals surface area contributed by atoms with E-state index in [2.05, 4.69) is 5.32 Å². The third kappa shape index (κ3) is 2.72. The summed E-state index contributed by atoms with van der Waals surface area (Å²) in [5, 5.41) is 11.6. The van der Waals surface area contributed by atoms with E-state index in [0.29, 0.717) is 19.5 Å². The van der Waals surface area contributed by atoms with Crippen LogP contribution in [0.5, 0.6) is 0 Å². The van der Waals surface area contributed by atoms with Crippen LogP contribution in [-0.2, 0) is 9.59 Å².